The molecule has 0 saturated heterocycles. The number of nitrogens with zero attached hydrogens (tertiary/aromatic N) is 4. The first-order chi connectivity index (χ1) is 13.1. The fourth-order valence-corrected chi connectivity index (χ4v) is 4.79. The zero-order valence-corrected chi connectivity index (χ0v) is 16.6. The summed E-state index contributed by atoms with van der Waals surface area (Å²) in [6.07, 6.45) is 10.5. The number of aliphatic hydroxyl groups is 1. The molecule has 4 rings (SSSR count). The van der Waals surface area contributed by atoms with Crippen LogP contribution in [0.1, 0.15) is 43.6 Å². The van der Waals surface area contributed by atoms with Gasteiger partial charge in [0.1, 0.15) is 16.3 Å². The minimum absolute atomic E-state index is 0.0190. The number of aryl methyl sites for hydroxylation is 2. The van der Waals surface area contributed by atoms with Crippen LogP contribution < -0.4 is 5.32 Å². The molecule has 3 aromatic heterocycles. The number of nitrogens with one attached hydrogen (secondary N) is 1. The molecule has 0 aromatic carbocycles. The third kappa shape index (κ3) is 3.80. The van der Waals surface area contributed by atoms with Gasteiger partial charge in [0.05, 0.1) is 11.6 Å². The Kier molecular flexibility index (Phi) is 5.06. The lowest BCUT2D eigenvalue weighted by Gasteiger charge is -2.24. The summed E-state index contributed by atoms with van der Waals surface area (Å²) in [4.78, 5) is 20.7. The monoisotopic (exact) mass is 383 g/mol. The number of hydrogen-bond donors (Lipinski definition) is 2. The van der Waals surface area contributed by atoms with Gasteiger partial charge in [0.15, 0.2) is 5.82 Å². The van der Waals surface area contributed by atoms with E-state index < -0.39 is 0 Å². The lowest BCUT2D eigenvalue weighted by molar-refractivity contribution is 0.220. The Morgan fingerprint density at radius 3 is 2.81 bits per heavy atom. The van der Waals surface area contributed by atoms with E-state index in [0.717, 1.165) is 36.5 Å². The van der Waals surface area contributed by atoms with E-state index in [2.05, 4.69) is 29.1 Å². The molecule has 0 atom stereocenters. The van der Waals surface area contributed by atoms with Crippen molar-refractivity contribution in [3.05, 3.63) is 29.0 Å². The van der Waals surface area contributed by atoms with Gasteiger partial charge >= 0.3 is 0 Å². The summed E-state index contributed by atoms with van der Waals surface area (Å²) in [6.45, 7) is 5.24. The molecule has 0 spiro atoms. The topological polar surface area (TPSA) is 83.8 Å². The summed E-state index contributed by atoms with van der Waals surface area (Å²) in [5.74, 6) is 1.49. The van der Waals surface area contributed by atoms with Crippen LogP contribution in [-0.2, 0) is 12.8 Å². The predicted octanol–water partition coefficient (Wildman–Crippen LogP) is 3.85. The minimum Gasteiger partial charge on any atom is -0.396 e. The zero-order chi connectivity index (χ0) is 18.9. The Morgan fingerprint density at radius 2 is 2.04 bits per heavy atom. The maximum atomic E-state index is 9.32. The number of rotatable bonds is 6. The van der Waals surface area contributed by atoms with Gasteiger partial charge in [0.25, 0.3) is 0 Å². The van der Waals surface area contributed by atoms with Crippen LogP contribution >= 0.6 is 11.3 Å². The third-order valence-electron chi connectivity index (χ3n) is 5.13. The highest BCUT2D eigenvalue weighted by atomic mass is 32.1. The van der Waals surface area contributed by atoms with Crippen LogP contribution in [0.4, 0.5) is 5.82 Å². The van der Waals surface area contributed by atoms with Gasteiger partial charge < -0.3 is 10.4 Å². The predicted molar refractivity (Wildman–Crippen MR) is 109 cm³/mol. The number of aromatic nitrogens is 4. The second-order valence-corrected chi connectivity index (χ2v) is 8.95. The van der Waals surface area contributed by atoms with Crippen LogP contribution in [0.15, 0.2) is 18.6 Å². The molecule has 1 aliphatic rings. The number of thiophene rings is 1. The lowest BCUT2D eigenvalue weighted by Crippen LogP contribution is -2.25. The summed E-state index contributed by atoms with van der Waals surface area (Å²) >= 11 is 1.79. The molecule has 0 unspecified atom stereocenters. The fraction of sp³-hybridized carbons (Fsp3) is 0.500. The molecule has 0 bridgehead atoms. The summed E-state index contributed by atoms with van der Waals surface area (Å²) in [5, 5.41) is 14.0. The van der Waals surface area contributed by atoms with E-state index in [1.165, 1.54) is 28.7 Å². The summed E-state index contributed by atoms with van der Waals surface area (Å²) in [7, 11) is 0. The van der Waals surface area contributed by atoms with Gasteiger partial charge in [0.2, 0.25) is 0 Å². The van der Waals surface area contributed by atoms with Crippen LogP contribution in [-0.4, -0.2) is 38.2 Å². The van der Waals surface area contributed by atoms with E-state index in [9.17, 15) is 5.11 Å². The largest absolute Gasteiger partial charge is 0.396 e. The Balaban J connectivity index is 1.79. The summed E-state index contributed by atoms with van der Waals surface area (Å²) in [6, 6.07) is 0. The highest BCUT2D eigenvalue weighted by molar-refractivity contribution is 7.19. The third-order valence-corrected chi connectivity index (χ3v) is 6.32. The van der Waals surface area contributed by atoms with Gasteiger partial charge in [-0.2, -0.15) is 0 Å². The molecular formula is C20H25N5OS. The van der Waals surface area contributed by atoms with Crippen molar-refractivity contribution in [3.63, 3.8) is 0 Å². The number of anilines is 1. The Morgan fingerprint density at radius 1 is 1.19 bits per heavy atom. The van der Waals surface area contributed by atoms with Crippen molar-refractivity contribution in [1.29, 1.82) is 0 Å². The van der Waals surface area contributed by atoms with E-state index in [1.54, 1.807) is 29.9 Å². The average molecular weight is 384 g/mol. The molecule has 3 heterocycles. The summed E-state index contributed by atoms with van der Waals surface area (Å²) in [5.41, 5.74) is 2.08. The average Bonchev–Trinajstić information content (AvgIpc) is 3.05. The van der Waals surface area contributed by atoms with Crippen molar-refractivity contribution >= 4 is 27.4 Å². The molecule has 7 heteroatoms. The van der Waals surface area contributed by atoms with Crippen molar-refractivity contribution in [1.82, 2.24) is 19.9 Å². The molecule has 3 aromatic rings. The van der Waals surface area contributed by atoms with E-state index in [-0.39, 0.29) is 12.0 Å². The van der Waals surface area contributed by atoms with Gasteiger partial charge in [-0.15, -0.1) is 11.3 Å². The zero-order valence-electron chi connectivity index (χ0n) is 15.8. The molecule has 0 saturated carbocycles. The van der Waals surface area contributed by atoms with Gasteiger partial charge in [-0.25, -0.2) is 15.0 Å². The summed E-state index contributed by atoms with van der Waals surface area (Å²) < 4.78 is 0. The molecule has 27 heavy (non-hydrogen) atoms. The smallest absolute Gasteiger partial charge is 0.183 e. The highest BCUT2D eigenvalue weighted by Crippen LogP contribution is 2.39. The molecular weight excluding hydrogens is 358 g/mol. The fourth-order valence-electron chi connectivity index (χ4n) is 3.53. The highest BCUT2D eigenvalue weighted by Gasteiger charge is 2.23. The SMILES string of the molecule is CC(C)(CCO)CNc1nc(-c2cnccn2)nc2sc3c(c12)CCCC3. The van der Waals surface area contributed by atoms with E-state index >= 15 is 0 Å². The lowest BCUT2D eigenvalue weighted by atomic mass is 9.89. The number of fused-ring (bicyclic) bond motifs is 3. The molecule has 142 valence electrons. The Bertz CT molecular complexity index is 938. The molecule has 1 aliphatic carbocycles. The van der Waals surface area contributed by atoms with Crippen LogP contribution in [0.25, 0.3) is 21.7 Å². The van der Waals surface area contributed by atoms with Crippen molar-refractivity contribution in [2.75, 3.05) is 18.5 Å². The van der Waals surface area contributed by atoms with Crippen molar-refractivity contribution in [3.8, 4) is 11.5 Å². The van der Waals surface area contributed by atoms with Crippen LogP contribution in [0.5, 0.6) is 0 Å². The molecule has 6 nitrogen and oxygen atoms in total. The standard InChI is InChI=1S/C20H25N5OS/c1-20(2,7-10-26)12-23-18-16-13-5-3-4-6-15(13)27-19(16)25-17(24-18)14-11-21-8-9-22-14/h8-9,11,26H,3-7,10,12H2,1-2H3,(H,23,24,25). The maximum absolute atomic E-state index is 9.32. The van der Waals surface area contributed by atoms with Crippen molar-refractivity contribution in [2.45, 2.75) is 46.0 Å². The minimum atomic E-state index is -0.0190. The first kappa shape index (κ1) is 18.3. The normalized spacial score (nSPS) is 14.3. The van der Waals surface area contributed by atoms with Crippen molar-refractivity contribution in [2.24, 2.45) is 5.41 Å². The molecule has 2 N–H and O–H groups in total. The van der Waals surface area contributed by atoms with Gasteiger partial charge in [-0.3, -0.25) is 4.98 Å². The Hall–Kier alpha value is -2.12. The first-order valence-electron chi connectivity index (χ1n) is 9.51. The molecule has 0 radical (unpaired) electrons. The molecule has 0 fully saturated rings. The van der Waals surface area contributed by atoms with Gasteiger partial charge in [0, 0.05) is 30.4 Å². The second-order valence-electron chi connectivity index (χ2n) is 7.87. The Labute approximate surface area is 163 Å². The van der Waals surface area contributed by atoms with E-state index in [1.807, 2.05) is 0 Å². The van der Waals surface area contributed by atoms with Gasteiger partial charge in [-0.05, 0) is 43.1 Å². The number of aliphatic hydroxyl groups excluding tert-OH is 1. The molecule has 0 amide bonds. The van der Waals surface area contributed by atoms with Crippen LogP contribution in [0, 0.1) is 5.41 Å². The van der Waals surface area contributed by atoms with E-state index in [0.29, 0.717) is 11.5 Å². The maximum Gasteiger partial charge on any atom is 0.183 e. The quantitative estimate of drug-likeness (QED) is 0.673. The number of hydrogen-bond acceptors (Lipinski definition) is 7. The van der Waals surface area contributed by atoms with Gasteiger partial charge in [-0.1, -0.05) is 13.8 Å². The first-order valence-corrected chi connectivity index (χ1v) is 10.3. The van der Waals surface area contributed by atoms with Crippen LogP contribution in [0.2, 0.25) is 0 Å². The van der Waals surface area contributed by atoms with Crippen molar-refractivity contribution < 1.29 is 5.11 Å². The van der Waals surface area contributed by atoms with E-state index in [4.69, 9.17) is 9.97 Å². The van der Waals surface area contributed by atoms with Crippen LogP contribution in [0.3, 0.4) is 0 Å². The second kappa shape index (κ2) is 7.48. The molecule has 0 aliphatic heterocycles.